The lowest BCUT2D eigenvalue weighted by Gasteiger charge is -2.43. The molecule has 5 rings (SSSR count). The number of hydrogen-bond acceptors (Lipinski definition) is 8. The predicted molar refractivity (Wildman–Crippen MR) is 132 cm³/mol. The third-order valence-corrected chi connectivity index (χ3v) is 7.23. The highest BCUT2D eigenvalue weighted by Crippen LogP contribution is 2.26. The fraction of sp³-hybridized carbons (Fsp3) is 0.520. The van der Waals surface area contributed by atoms with Crippen molar-refractivity contribution < 1.29 is 14.7 Å². The number of anilines is 2. The molecule has 0 spiro atoms. The van der Waals surface area contributed by atoms with E-state index in [4.69, 9.17) is 5.73 Å². The standard InChI is InChI=1S/C25H33N7O3/c26-22(34)14-27-23-13-19(28-25(29-23)30-9-3-4-10-30)24(35)32-12-8-20(21(33)16-32)31-11-7-17-5-1-2-6-18(17)15-31/h1-2,5-6,13,20-21,33H,3-4,7-12,14-16H2,(H2,26,34)(H,27,28,29)/t20-,21-/m0/s1. The van der Waals surface area contributed by atoms with Crippen LogP contribution in [0.3, 0.4) is 0 Å². The first-order valence-corrected chi connectivity index (χ1v) is 12.4. The van der Waals surface area contributed by atoms with E-state index in [0.29, 0.717) is 24.7 Å². The molecule has 0 saturated carbocycles. The van der Waals surface area contributed by atoms with Crippen LogP contribution in [0.4, 0.5) is 11.8 Å². The van der Waals surface area contributed by atoms with E-state index in [9.17, 15) is 14.7 Å². The second-order valence-electron chi connectivity index (χ2n) is 9.62. The van der Waals surface area contributed by atoms with Crippen LogP contribution in [0.15, 0.2) is 30.3 Å². The largest absolute Gasteiger partial charge is 0.390 e. The fourth-order valence-electron chi connectivity index (χ4n) is 5.36. The number of fused-ring (bicyclic) bond motifs is 1. The number of amides is 2. The quantitative estimate of drug-likeness (QED) is 0.550. The van der Waals surface area contributed by atoms with Crippen LogP contribution in [0.5, 0.6) is 0 Å². The van der Waals surface area contributed by atoms with Crippen molar-refractivity contribution in [1.82, 2.24) is 19.8 Å². The fourth-order valence-corrected chi connectivity index (χ4v) is 5.36. The molecular formula is C25H33N7O3. The Balaban J connectivity index is 1.28. The van der Waals surface area contributed by atoms with Gasteiger partial charge in [-0.1, -0.05) is 24.3 Å². The van der Waals surface area contributed by atoms with Crippen LogP contribution in [0.1, 0.15) is 40.9 Å². The van der Waals surface area contributed by atoms with Crippen molar-refractivity contribution in [3.63, 3.8) is 0 Å². The molecule has 0 aliphatic carbocycles. The molecule has 0 radical (unpaired) electrons. The van der Waals surface area contributed by atoms with Gasteiger partial charge in [0, 0.05) is 51.4 Å². The lowest BCUT2D eigenvalue weighted by Crippen LogP contribution is -2.56. The minimum Gasteiger partial charge on any atom is -0.390 e. The summed E-state index contributed by atoms with van der Waals surface area (Å²) in [5.74, 6) is 0.121. The van der Waals surface area contributed by atoms with Gasteiger partial charge in [-0.05, 0) is 36.8 Å². The molecule has 10 nitrogen and oxygen atoms in total. The van der Waals surface area contributed by atoms with Crippen LogP contribution in [0.25, 0.3) is 0 Å². The van der Waals surface area contributed by atoms with Gasteiger partial charge in [-0.3, -0.25) is 14.5 Å². The van der Waals surface area contributed by atoms with Gasteiger partial charge in [-0.25, -0.2) is 4.98 Å². The average Bonchev–Trinajstić information content (AvgIpc) is 3.42. The summed E-state index contributed by atoms with van der Waals surface area (Å²) in [6.07, 6.45) is 3.14. The number of aliphatic hydroxyl groups is 1. The summed E-state index contributed by atoms with van der Waals surface area (Å²) in [5.41, 5.74) is 8.22. The third-order valence-electron chi connectivity index (χ3n) is 7.23. The molecule has 186 valence electrons. The lowest BCUT2D eigenvalue weighted by molar-refractivity contribution is -0.116. The van der Waals surface area contributed by atoms with E-state index in [0.717, 1.165) is 45.4 Å². The Kier molecular flexibility index (Phi) is 6.83. The lowest BCUT2D eigenvalue weighted by atomic mass is 9.94. The SMILES string of the molecule is NC(=O)CNc1cc(C(=O)N2CC[C@H](N3CCc4ccccc4C3)[C@@H](O)C2)nc(N2CCCC2)n1. The maximum absolute atomic E-state index is 13.4. The van der Waals surface area contributed by atoms with Crippen molar-refractivity contribution in [1.29, 1.82) is 0 Å². The summed E-state index contributed by atoms with van der Waals surface area (Å²) in [5, 5.41) is 13.9. The number of primary amides is 1. The third kappa shape index (κ3) is 5.23. The highest BCUT2D eigenvalue weighted by Gasteiger charge is 2.36. The van der Waals surface area contributed by atoms with E-state index in [1.165, 1.54) is 11.1 Å². The van der Waals surface area contributed by atoms with E-state index < -0.39 is 12.0 Å². The van der Waals surface area contributed by atoms with E-state index >= 15 is 0 Å². The van der Waals surface area contributed by atoms with Crippen molar-refractivity contribution in [2.45, 2.75) is 44.4 Å². The Hall–Kier alpha value is -3.24. The molecule has 1 aromatic carbocycles. The number of nitrogens with two attached hydrogens (primary N) is 1. The number of nitrogens with one attached hydrogen (secondary N) is 1. The molecular weight excluding hydrogens is 446 g/mol. The van der Waals surface area contributed by atoms with Crippen molar-refractivity contribution in [3.8, 4) is 0 Å². The van der Waals surface area contributed by atoms with Crippen LogP contribution in [0, 0.1) is 0 Å². The van der Waals surface area contributed by atoms with E-state index in [2.05, 4.69) is 44.5 Å². The smallest absolute Gasteiger partial charge is 0.272 e. The van der Waals surface area contributed by atoms with Gasteiger partial charge >= 0.3 is 0 Å². The summed E-state index contributed by atoms with van der Waals surface area (Å²) in [6.45, 7) is 4.12. The predicted octanol–water partition coefficient (Wildman–Crippen LogP) is 0.608. The van der Waals surface area contributed by atoms with E-state index in [1.54, 1.807) is 11.0 Å². The van der Waals surface area contributed by atoms with Gasteiger partial charge < -0.3 is 26.0 Å². The minimum absolute atomic E-state index is 0.0192. The minimum atomic E-state index is -0.634. The number of hydrogen-bond donors (Lipinski definition) is 3. The van der Waals surface area contributed by atoms with Crippen molar-refractivity contribution in [2.75, 3.05) is 49.5 Å². The molecule has 35 heavy (non-hydrogen) atoms. The number of likely N-dealkylation sites (tertiary alicyclic amines) is 1. The zero-order chi connectivity index (χ0) is 24.4. The van der Waals surface area contributed by atoms with Gasteiger partial charge in [-0.2, -0.15) is 4.98 Å². The molecule has 0 bridgehead atoms. The van der Waals surface area contributed by atoms with Crippen LogP contribution in [0.2, 0.25) is 0 Å². The summed E-state index contributed by atoms with van der Waals surface area (Å²) >= 11 is 0. The van der Waals surface area contributed by atoms with Gasteiger partial charge in [0.2, 0.25) is 11.9 Å². The van der Waals surface area contributed by atoms with Gasteiger partial charge in [0.05, 0.1) is 12.6 Å². The molecule has 2 atom stereocenters. The second-order valence-corrected chi connectivity index (χ2v) is 9.62. The first-order valence-electron chi connectivity index (χ1n) is 12.4. The molecule has 2 fully saturated rings. The Bertz CT molecular complexity index is 1090. The number of piperidine rings is 1. The Morgan fingerprint density at radius 3 is 2.60 bits per heavy atom. The molecule has 2 aromatic rings. The highest BCUT2D eigenvalue weighted by molar-refractivity contribution is 5.93. The second kappa shape index (κ2) is 10.2. The summed E-state index contributed by atoms with van der Waals surface area (Å²) in [6, 6.07) is 10.0. The number of aliphatic hydroxyl groups excluding tert-OH is 1. The number of aromatic nitrogens is 2. The number of nitrogens with zero attached hydrogens (tertiary/aromatic N) is 5. The average molecular weight is 480 g/mol. The molecule has 3 aliphatic heterocycles. The Morgan fingerprint density at radius 1 is 1.09 bits per heavy atom. The molecule has 4 N–H and O–H groups in total. The zero-order valence-electron chi connectivity index (χ0n) is 19.9. The monoisotopic (exact) mass is 479 g/mol. The summed E-state index contributed by atoms with van der Waals surface area (Å²) < 4.78 is 0. The summed E-state index contributed by atoms with van der Waals surface area (Å²) in [7, 11) is 0. The summed E-state index contributed by atoms with van der Waals surface area (Å²) in [4.78, 5) is 39.8. The van der Waals surface area contributed by atoms with Crippen molar-refractivity contribution in [3.05, 3.63) is 47.2 Å². The molecule has 3 aliphatic rings. The first-order chi connectivity index (χ1) is 17.0. The zero-order valence-corrected chi connectivity index (χ0v) is 19.9. The van der Waals surface area contributed by atoms with E-state index in [-0.39, 0.29) is 30.7 Å². The number of benzene rings is 1. The van der Waals surface area contributed by atoms with E-state index in [1.807, 2.05) is 4.90 Å². The highest BCUT2D eigenvalue weighted by atomic mass is 16.3. The molecule has 1 aromatic heterocycles. The molecule has 4 heterocycles. The van der Waals surface area contributed by atoms with Gasteiger partial charge in [0.1, 0.15) is 11.5 Å². The topological polar surface area (TPSA) is 128 Å². The van der Waals surface area contributed by atoms with Crippen molar-refractivity contribution in [2.24, 2.45) is 5.73 Å². The molecule has 10 heteroatoms. The van der Waals surface area contributed by atoms with Crippen LogP contribution >= 0.6 is 0 Å². The molecule has 0 unspecified atom stereocenters. The number of β-amino-alcohol motifs (C(OH)–C–C–N with tert-alkyl or cyclic N) is 1. The van der Waals surface area contributed by atoms with Gasteiger partial charge in [0.25, 0.3) is 5.91 Å². The normalized spacial score (nSPS) is 22.7. The van der Waals surface area contributed by atoms with Crippen LogP contribution in [-0.4, -0.2) is 88.1 Å². The number of carbonyl (C=O) groups excluding carboxylic acids is 2. The van der Waals surface area contributed by atoms with Crippen LogP contribution in [-0.2, 0) is 17.8 Å². The van der Waals surface area contributed by atoms with Crippen LogP contribution < -0.4 is 16.0 Å². The Labute approximate surface area is 205 Å². The Morgan fingerprint density at radius 2 is 1.86 bits per heavy atom. The molecule has 2 saturated heterocycles. The maximum atomic E-state index is 13.4. The van der Waals surface area contributed by atoms with Gasteiger partial charge in [-0.15, -0.1) is 0 Å². The first kappa shape index (κ1) is 23.5. The van der Waals surface area contributed by atoms with Crippen molar-refractivity contribution >= 4 is 23.6 Å². The number of rotatable bonds is 6. The number of carbonyl (C=O) groups is 2. The van der Waals surface area contributed by atoms with Gasteiger partial charge in [0.15, 0.2) is 0 Å². The maximum Gasteiger partial charge on any atom is 0.272 e. The molecule has 2 amide bonds.